The Bertz CT molecular complexity index is 606. The minimum Gasteiger partial charge on any atom is -0.507 e. The minimum absolute atomic E-state index is 0.213. The van der Waals surface area contributed by atoms with Gasteiger partial charge in [-0.3, -0.25) is 4.79 Å². The quantitative estimate of drug-likeness (QED) is 0.813. The Labute approximate surface area is 116 Å². The standard InChI is InChI=1S/C12H15NO6S/c14-10-2-1-9(8-12(15)16)7-11(10)20(17,18)13-3-5-19-6-4-13/h1-2,7,14H,3-6,8H2,(H,15,16). The number of phenols is 1. The van der Waals surface area contributed by atoms with Crippen molar-refractivity contribution in [2.24, 2.45) is 0 Å². The highest BCUT2D eigenvalue weighted by molar-refractivity contribution is 7.89. The molecule has 7 nitrogen and oxygen atoms in total. The van der Waals surface area contributed by atoms with Gasteiger partial charge < -0.3 is 14.9 Å². The molecule has 0 saturated carbocycles. The number of nitrogens with zero attached hydrogens (tertiary/aromatic N) is 1. The van der Waals surface area contributed by atoms with Crippen LogP contribution in [-0.2, 0) is 26.0 Å². The van der Waals surface area contributed by atoms with E-state index in [1.54, 1.807) is 0 Å². The maximum Gasteiger partial charge on any atom is 0.307 e. The van der Waals surface area contributed by atoms with Crippen LogP contribution in [-0.4, -0.2) is 55.2 Å². The summed E-state index contributed by atoms with van der Waals surface area (Å²) in [4.78, 5) is 10.4. The van der Waals surface area contributed by atoms with Crippen molar-refractivity contribution in [3.8, 4) is 5.75 Å². The van der Waals surface area contributed by atoms with Gasteiger partial charge in [-0.1, -0.05) is 6.07 Å². The Morgan fingerprint density at radius 2 is 1.95 bits per heavy atom. The number of carboxylic acid groups (broad SMARTS) is 1. The number of hydrogen-bond donors (Lipinski definition) is 2. The van der Waals surface area contributed by atoms with Gasteiger partial charge in [0.15, 0.2) is 0 Å². The topological polar surface area (TPSA) is 104 Å². The lowest BCUT2D eigenvalue weighted by Crippen LogP contribution is -2.40. The first-order valence-electron chi connectivity index (χ1n) is 6.03. The number of morpholine rings is 1. The SMILES string of the molecule is O=C(O)Cc1ccc(O)c(S(=O)(=O)N2CCOCC2)c1. The normalized spacial score (nSPS) is 17.0. The molecule has 110 valence electrons. The predicted octanol–water partition coefficient (Wildman–Crippen LogP) is 0.0402. The molecule has 0 atom stereocenters. The number of benzene rings is 1. The number of sulfonamides is 1. The van der Waals surface area contributed by atoms with E-state index in [0.717, 1.165) is 0 Å². The van der Waals surface area contributed by atoms with Crippen molar-refractivity contribution in [1.29, 1.82) is 0 Å². The van der Waals surface area contributed by atoms with Gasteiger partial charge in [-0.15, -0.1) is 0 Å². The van der Waals surface area contributed by atoms with Crippen molar-refractivity contribution < 1.29 is 28.2 Å². The van der Waals surface area contributed by atoms with Crippen molar-refractivity contribution in [1.82, 2.24) is 4.31 Å². The Hall–Kier alpha value is -1.64. The van der Waals surface area contributed by atoms with Crippen molar-refractivity contribution in [3.05, 3.63) is 23.8 Å². The molecule has 1 aliphatic rings. The third kappa shape index (κ3) is 3.09. The summed E-state index contributed by atoms with van der Waals surface area (Å²) in [6.07, 6.45) is -0.300. The van der Waals surface area contributed by atoms with Crippen LogP contribution < -0.4 is 0 Å². The van der Waals surface area contributed by atoms with Crippen LogP contribution in [0.25, 0.3) is 0 Å². The molecule has 1 aromatic rings. The second kappa shape index (κ2) is 5.78. The summed E-state index contributed by atoms with van der Waals surface area (Å²) in [6, 6.07) is 3.79. The molecule has 1 aromatic carbocycles. The average molecular weight is 301 g/mol. The summed E-state index contributed by atoms with van der Waals surface area (Å²) < 4.78 is 31.1. The van der Waals surface area contributed by atoms with Crippen LogP contribution in [0.3, 0.4) is 0 Å². The number of aromatic hydroxyl groups is 1. The molecule has 0 amide bonds. The maximum atomic E-state index is 12.4. The second-order valence-electron chi connectivity index (χ2n) is 4.39. The molecule has 2 N–H and O–H groups in total. The lowest BCUT2D eigenvalue weighted by atomic mass is 10.1. The number of phenolic OH excluding ortho intramolecular Hbond substituents is 1. The summed E-state index contributed by atoms with van der Waals surface area (Å²) in [6.45, 7) is 1.03. The van der Waals surface area contributed by atoms with Crippen molar-refractivity contribution >= 4 is 16.0 Å². The number of carbonyl (C=O) groups is 1. The Morgan fingerprint density at radius 1 is 1.30 bits per heavy atom. The van der Waals surface area contributed by atoms with Gasteiger partial charge in [0.05, 0.1) is 19.6 Å². The van der Waals surface area contributed by atoms with Crippen LogP contribution >= 0.6 is 0 Å². The number of ether oxygens (including phenoxy) is 1. The highest BCUT2D eigenvalue weighted by Crippen LogP contribution is 2.27. The smallest absolute Gasteiger partial charge is 0.307 e. The van der Waals surface area contributed by atoms with Crippen molar-refractivity contribution in [2.45, 2.75) is 11.3 Å². The zero-order chi connectivity index (χ0) is 14.8. The second-order valence-corrected chi connectivity index (χ2v) is 6.30. The highest BCUT2D eigenvalue weighted by atomic mass is 32.2. The summed E-state index contributed by atoms with van der Waals surface area (Å²) >= 11 is 0. The van der Waals surface area contributed by atoms with Gasteiger partial charge in [0, 0.05) is 13.1 Å². The summed E-state index contributed by atoms with van der Waals surface area (Å²) in [7, 11) is -3.84. The molecular weight excluding hydrogens is 286 g/mol. The summed E-state index contributed by atoms with van der Waals surface area (Å²) in [5.41, 5.74) is 0.321. The molecule has 0 spiro atoms. The molecular formula is C12H15NO6S. The van der Waals surface area contributed by atoms with E-state index in [9.17, 15) is 18.3 Å². The Kier molecular flexibility index (Phi) is 4.26. The summed E-state index contributed by atoms with van der Waals surface area (Å²) in [5.74, 6) is -1.45. The van der Waals surface area contributed by atoms with Gasteiger partial charge >= 0.3 is 5.97 Å². The monoisotopic (exact) mass is 301 g/mol. The third-order valence-corrected chi connectivity index (χ3v) is 4.90. The fourth-order valence-corrected chi connectivity index (χ4v) is 3.52. The lowest BCUT2D eigenvalue weighted by molar-refractivity contribution is -0.136. The number of carboxylic acids is 1. The lowest BCUT2D eigenvalue weighted by Gasteiger charge is -2.26. The molecule has 20 heavy (non-hydrogen) atoms. The molecule has 0 radical (unpaired) electrons. The molecule has 1 heterocycles. The molecule has 0 bridgehead atoms. The van der Waals surface area contributed by atoms with Gasteiger partial charge in [0.25, 0.3) is 0 Å². The Morgan fingerprint density at radius 3 is 2.55 bits per heavy atom. The van der Waals surface area contributed by atoms with Gasteiger partial charge in [-0.25, -0.2) is 8.42 Å². The molecule has 8 heteroatoms. The van der Waals surface area contributed by atoms with Crippen LogP contribution in [0, 0.1) is 0 Å². The van der Waals surface area contributed by atoms with Gasteiger partial charge in [-0.2, -0.15) is 4.31 Å². The Balaban J connectivity index is 2.36. The molecule has 0 aromatic heterocycles. The van der Waals surface area contributed by atoms with Crippen LogP contribution in [0.2, 0.25) is 0 Å². The van der Waals surface area contributed by atoms with E-state index in [4.69, 9.17) is 9.84 Å². The van der Waals surface area contributed by atoms with E-state index in [1.807, 2.05) is 0 Å². The maximum absolute atomic E-state index is 12.4. The molecule has 2 rings (SSSR count). The first kappa shape index (κ1) is 14.8. The van der Waals surface area contributed by atoms with E-state index >= 15 is 0 Å². The molecule has 1 saturated heterocycles. The van der Waals surface area contributed by atoms with Gasteiger partial charge in [-0.05, 0) is 17.7 Å². The zero-order valence-corrected chi connectivity index (χ0v) is 11.5. The fraction of sp³-hybridized carbons (Fsp3) is 0.417. The van der Waals surface area contributed by atoms with E-state index < -0.39 is 16.0 Å². The van der Waals surface area contributed by atoms with E-state index in [2.05, 4.69) is 0 Å². The van der Waals surface area contributed by atoms with E-state index in [1.165, 1.54) is 22.5 Å². The van der Waals surface area contributed by atoms with Crippen molar-refractivity contribution in [3.63, 3.8) is 0 Å². The van der Waals surface area contributed by atoms with E-state index in [-0.39, 0.29) is 30.2 Å². The summed E-state index contributed by atoms with van der Waals surface area (Å²) in [5, 5.41) is 18.5. The van der Waals surface area contributed by atoms with Gasteiger partial charge in [0.2, 0.25) is 10.0 Å². The van der Waals surface area contributed by atoms with Crippen LogP contribution in [0.1, 0.15) is 5.56 Å². The number of rotatable bonds is 4. The highest BCUT2D eigenvalue weighted by Gasteiger charge is 2.29. The molecule has 1 aliphatic heterocycles. The van der Waals surface area contributed by atoms with Crippen LogP contribution in [0.4, 0.5) is 0 Å². The van der Waals surface area contributed by atoms with Crippen LogP contribution in [0.5, 0.6) is 5.75 Å². The average Bonchev–Trinajstić information content (AvgIpc) is 2.41. The largest absolute Gasteiger partial charge is 0.507 e. The first-order valence-corrected chi connectivity index (χ1v) is 7.47. The zero-order valence-electron chi connectivity index (χ0n) is 10.7. The first-order chi connectivity index (χ1) is 9.41. The number of aliphatic carboxylic acids is 1. The molecule has 0 aliphatic carbocycles. The third-order valence-electron chi connectivity index (χ3n) is 2.97. The fourth-order valence-electron chi connectivity index (χ4n) is 1.98. The number of hydrogen-bond acceptors (Lipinski definition) is 5. The van der Waals surface area contributed by atoms with Gasteiger partial charge in [0.1, 0.15) is 10.6 Å². The van der Waals surface area contributed by atoms with Crippen LogP contribution in [0.15, 0.2) is 23.1 Å². The van der Waals surface area contributed by atoms with E-state index in [0.29, 0.717) is 18.8 Å². The minimum atomic E-state index is -3.84. The predicted molar refractivity (Wildman–Crippen MR) is 69.0 cm³/mol. The van der Waals surface area contributed by atoms with Crippen molar-refractivity contribution in [2.75, 3.05) is 26.3 Å². The molecule has 0 unspecified atom stereocenters. The molecule has 1 fully saturated rings.